The molecule has 0 bridgehead atoms. The van der Waals surface area contributed by atoms with Gasteiger partial charge in [0.25, 0.3) is 0 Å². The van der Waals surface area contributed by atoms with Crippen molar-refractivity contribution in [3.05, 3.63) is 17.8 Å². The van der Waals surface area contributed by atoms with Crippen LogP contribution in [0.2, 0.25) is 0 Å². The molecule has 16 heavy (non-hydrogen) atoms. The molecule has 0 radical (unpaired) electrons. The van der Waals surface area contributed by atoms with Crippen molar-refractivity contribution in [3.8, 4) is 0 Å². The van der Waals surface area contributed by atoms with Gasteiger partial charge in [0.05, 0.1) is 6.20 Å². The normalized spacial score (nSPS) is 22.1. The van der Waals surface area contributed by atoms with Crippen molar-refractivity contribution >= 4 is 0 Å². The van der Waals surface area contributed by atoms with Gasteiger partial charge >= 0.3 is 0 Å². The first-order valence-electron chi connectivity index (χ1n) is 5.97. The lowest BCUT2D eigenvalue weighted by Crippen LogP contribution is -2.28. The zero-order valence-corrected chi connectivity index (χ0v) is 10.0. The minimum atomic E-state index is -0.0597. The van der Waals surface area contributed by atoms with Crippen molar-refractivity contribution in [2.24, 2.45) is 5.92 Å². The second-order valence-electron chi connectivity index (χ2n) is 4.83. The highest BCUT2D eigenvalue weighted by Gasteiger charge is 2.25. The topological polar surface area (TPSA) is 49.5 Å². The van der Waals surface area contributed by atoms with Crippen molar-refractivity contribution in [1.29, 1.82) is 0 Å². The molecule has 1 aliphatic rings. The van der Waals surface area contributed by atoms with E-state index in [-0.39, 0.29) is 6.61 Å². The Bertz CT molecular complexity index is 336. The molecule has 0 saturated carbocycles. The average molecular weight is 224 g/mol. The number of oxazole rings is 1. The maximum atomic E-state index is 8.88. The number of aliphatic hydroxyl groups is 1. The summed E-state index contributed by atoms with van der Waals surface area (Å²) in [7, 11) is 0. The van der Waals surface area contributed by atoms with Crippen LogP contribution in [-0.4, -0.2) is 34.1 Å². The summed E-state index contributed by atoms with van der Waals surface area (Å²) in [5, 5.41) is 8.88. The summed E-state index contributed by atoms with van der Waals surface area (Å²) in [5.41, 5.74) is 0. The van der Waals surface area contributed by atoms with Gasteiger partial charge in [0, 0.05) is 19.0 Å². The summed E-state index contributed by atoms with van der Waals surface area (Å²) in [5.74, 6) is 1.97. The second-order valence-corrected chi connectivity index (χ2v) is 4.83. The number of likely N-dealkylation sites (tertiary alicyclic amines) is 1. The number of hydrogen-bond acceptors (Lipinski definition) is 4. The molecular weight excluding hydrogens is 204 g/mol. The van der Waals surface area contributed by atoms with Crippen LogP contribution < -0.4 is 0 Å². The minimum absolute atomic E-state index is 0.0597. The van der Waals surface area contributed by atoms with Crippen LogP contribution in [-0.2, 0) is 13.0 Å². The van der Waals surface area contributed by atoms with Crippen LogP contribution in [0.4, 0.5) is 0 Å². The first-order valence-corrected chi connectivity index (χ1v) is 5.97. The lowest BCUT2D eigenvalue weighted by molar-refractivity contribution is 0.239. The van der Waals surface area contributed by atoms with Crippen molar-refractivity contribution in [3.63, 3.8) is 0 Å². The number of aromatic nitrogens is 1. The molecule has 0 spiro atoms. The highest BCUT2D eigenvalue weighted by molar-refractivity contribution is 4.94. The van der Waals surface area contributed by atoms with E-state index in [1.165, 1.54) is 13.0 Å². The Labute approximate surface area is 96.3 Å². The Morgan fingerprint density at radius 3 is 3.00 bits per heavy atom. The molecule has 1 saturated heterocycles. The van der Waals surface area contributed by atoms with Gasteiger partial charge in [-0.3, -0.25) is 0 Å². The van der Waals surface area contributed by atoms with Crippen LogP contribution in [0.25, 0.3) is 0 Å². The summed E-state index contributed by atoms with van der Waals surface area (Å²) in [6, 6.07) is 0.627. The Balaban J connectivity index is 1.87. The van der Waals surface area contributed by atoms with Crippen LogP contribution in [0.15, 0.2) is 10.6 Å². The molecule has 4 heteroatoms. The molecule has 0 amide bonds. The largest absolute Gasteiger partial charge is 0.443 e. The summed E-state index contributed by atoms with van der Waals surface area (Å²) in [6.07, 6.45) is 3.72. The molecule has 1 aliphatic heterocycles. The fraction of sp³-hybridized carbons (Fsp3) is 0.750. The molecule has 1 N–H and O–H groups in total. The molecule has 1 atom stereocenters. The van der Waals surface area contributed by atoms with Gasteiger partial charge in [0.15, 0.2) is 5.89 Å². The molecule has 1 aromatic heterocycles. The maximum Gasteiger partial charge on any atom is 0.194 e. The van der Waals surface area contributed by atoms with E-state index in [0.29, 0.717) is 17.7 Å². The lowest BCUT2D eigenvalue weighted by Gasteiger charge is -2.19. The predicted octanol–water partition coefficient (Wildman–Crippen LogP) is 1.44. The highest BCUT2D eigenvalue weighted by atomic mass is 16.4. The van der Waals surface area contributed by atoms with E-state index in [0.717, 1.165) is 18.9 Å². The lowest BCUT2D eigenvalue weighted by atomic mass is 10.1. The quantitative estimate of drug-likeness (QED) is 0.840. The Kier molecular flexibility index (Phi) is 3.61. The zero-order chi connectivity index (χ0) is 11.5. The Morgan fingerprint density at radius 1 is 1.62 bits per heavy atom. The predicted molar refractivity (Wildman–Crippen MR) is 60.9 cm³/mol. The third-order valence-electron chi connectivity index (χ3n) is 3.27. The molecule has 1 aromatic rings. The fourth-order valence-corrected chi connectivity index (χ4v) is 2.26. The van der Waals surface area contributed by atoms with E-state index in [1.54, 1.807) is 6.20 Å². The number of hydrogen-bond donors (Lipinski definition) is 1. The molecular formula is C12H20N2O2. The molecule has 1 unspecified atom stereocenters. The summed E-state index contributed by atoms with van der Waals surface area (Å²) >= 11 is 0. The third kappa shape index (κ3) is 2.62. The molecule has 1 fully saturated rings. The summed E-state index contributed by atoms with van der Waals surface area (Å²) in [4.78, 5) is 6.66. The van der Waals surface area contributed by atoms with Gasteiger partial charge in [0.1, 0.15) is 12.4 Å². The average Bonchev–Trinajstić information content (AvgIpc) is 2.87. The van der Waals surface area contributed by atoms with Gasteiger partial charge in [-0.2, -0.15) is 0 Å². The SMILES string of the molecule is CC(C)N1CCC(Cc2ncc(CO)o2)C1. The Hall–Kier alpha value is -0.870. The van der Waals surface area contributed by atoms with Crippen LogP contribution in [0.5, 0.6) is 0 Å². The number of nitrogens with zero attached hydrogens (tertiary/aromatic N) is 2. The standard InChI is InChI=1S/C12H20N2O2/c1-9(2)14-4-3-10(7-14)5-12-13-6-11(8-15)16-12/h6,9-10,15H,3-5,7-8H2,1-2H3. The van der Waals surface area contributed by atoms with E-state index in [2.05, 4.69) is 23.7 Å². The van der Waals surface area contributed by atoms with Gasteiger partial charge in [-0.05, 0) is 32.7 Å². The Morgan fingerprint density at radius 2 is 2.44 bits per heavy atom. The van der Waals surface area contributed by atoms with Crippen LogP contribution in [0, 0.1) is 5.92 Å². The zero-order valence-electron chi connectivity index (χ0n) is 10.0. The minimum Gasteiger partial charge on any atom is -0.443 e. The van der Waals surface area contributed by atoms with Gasteiger partial charge in [-0.15, -0.1) is 0 Å². The van der Waals surface area contributed by atoms with E-state index >= 15 is 0 Å². The molecule has 0 aromatic carbocycles. The van der Waals surface area contributed by atoms with E-state index in [9.17, 15) is 0 Å². The smallest absolute Gasteiger partial charge is 0.194 e. The van der Waals surface area contributed by atoms with Gasteiger partial charge < -0.3 is 14.4 Å². The van der Waals surface area contributed by atoms with Crippen molar-refractivity contribution in [2.75, 3.05) is 13.1 Å². The first-order chi connectivity index (χ1) is 7.69. The molecule has 2 heterocycles. The summed E-state index contributed by atoms with van der Waals surface area (Å²) in [6.45, 7) is 6.72. The van der Waals surface area contributed by atoms with E-state index in [1.807, 2.05) is 0 Å². The van der Waals surface area contributed by atoms with Gasteiger partial charge in [-0.1, -0.05) is 0 Å². The summed E-state index contributed by atoms with van der Waals surface area (Å²) < 4.78 is 5.41. The van der Waals surface area contributed by atoms with E-state index < -0.39 is 0 Å². The first kappa shape index (κ1) is 11.6. The molecule has 0 aliphatic carbocycles. The third-order valence-corrected chi connectivity index (χ3v) is 3.27. The monoisotopic (exact) mass is 224 g/mol. The van der Waals surface area contributed by atoms with Crippen LogP contribution in [0.3, 0.4) is 0 Å². The van der Waals surface area contributed by atoms with Crippen molar-refractivity contribution < 1.29 is 9.52 Å². The van der Waals surface area contributed by atoms with Crippen LogP contribution in [0.1, 0.15) is 31.9 Å². The van der Waals surface area contributed by atoms with Gasteiger partial charge in [-0.25, -0.2) is 4.98 Å². The molecule has 4 nitrogen and oxygen atoms in total. The number of rotatable bonds is 4. The van der Waals surface area contributed by atoms with Crippen LogP contribution >= 0.6 is 0 Å². The molecule has 90 valence electrons. The van der Waals surface area contributed by atoms with E-state index in [4.69, 9.17) is 9.52 Å². The van der Waals surface area contributed by atoms with Crippen molar-refractivity contribution in [1.82, 2.24) is 9.88 Å². The van der Waals surface area contributed by atoms with Crippen molar-refractivity contribution in [2.45, 2.75) is 39.3 Å². The maximum absolute atomic E-state index is 8.88. The van der Waals surface area contributed by atoms with Gasteiger partial charge in [0.2, 0.25) is 0 Å². The number of aliphatic hydroxyl groups excluding tert-OH is 1. The molecule has 2 rings (SSSR count). The highest BCUT2D eigenvalue weighted by Crippen LogP contribution is 2.22. The fourth-order valence-electron chi connectivity index (χ4n) is 2.26. The second kappa shape index (κ2) is 4.97.